The zero-order valence-electron chi connectivity index (χ0n) is 12.6. The van der Waals surface area contributed by atoms with Crippen LogP contribution in [-0.4, -0.2) is 48.6 Å². The van der Waals surface area contributed by atoms with E-state index in [0.717, 1.165) is 32.2 Å². The first-order chi connectivity index (χ1) is 9.06. The van der Waals surface area contributed by atoms with Gasteiger partial charge >= 0.3 is 0 Å². The molecule has 0 spiro atoms. The predicted molar refractivity (Wildman–Crippen MR) is 78.1 cm³/mol. The Bertz CT molecular complexity index is 302. The van der Waals surface area contributed by atoms with Crippen molar-refractivity contribution in [2.45, 2.75) is 76.5 Å². The summed E-state index contributed by atoms with van der Waals surface area (Å²) in [5.41, 5.74) is 0. The standard InChI is InChI=1S/C15H29N3O/c1-11-10-14(8-9-18(11)3)16-12(2)15(19)17-13-6-4-5-7-13/h11-14,16H,4-10H2,1-3H3,(H,17,19). The summed E-state index contributed by atoms with van der Waals surface area (Å²) in [6.07, 6.45) is 7.12. The Morgan fingerprint density at radius 3 is 2.53 bits per heavy atom. The van der Waals surface area contributed by atoms with Crippen molar-refractivity contribution in [3.05, 3.63) is 0 Å². The number of piperidine rings is 1. The van der Waals surface area contributed by atoms with Crippen LogP contribution in [0.3, 0.4) is 0 Å². The molecule has 0 radical (unpaired) electrons. The molecule has 1 saturated heterocycles. The highest BCUT2D eigenvalue weighted by Gasteiger charge is 2.26. The molecule has 0 bridgehead atoms. The van der Waals surface area contributed by atoms with Crippen molar-refractivity contribution in [3.63, 3.8) is 0 Å². The Morgan fingerprint density at radius 2 is 1.89 bits per heavy atom. The van der Waals surface area contributed by atoms with Crippen molar-refractivity contribution in [2.75, 3.05) is 13.6 Å². The molecule has 3 unspecified atom stereocenters. The molecule has 2 aliphatic rings. The molecule has 4 heteroatoms. The van der Waals surface area contributed by atoms with Crippen LogP contribution in [0.25, 0.3) is 0 Å². The SMILES string of the molecule is CC(NC1CCN(C)C(C)C1)C(=O)NC1CCCC1. The van der Waals surface area contributed by atoms with Crippen molar-refractivity contribution in [2.24, 2.45) is 0 Å². The lowest BCUT2D eigenvalue weighted by molar-refractivity contribution is -0.123. The van der Waals surface area contributed by atoms with Crippen molar-refractivity contribution < 1.29 is 4.79 Å². The summed E-state index contributed by atoms with van der Waals surface area (Å²) in [4.78, 5) is 14.5. The van der Waals surface area contributed by atoms with Crippen molar-refractivity contribution in [3.8, 4) is 0 Å². The van der Waals surface area contributed by atoms with E-state index >= 15 is 0 Å². The Balaban J connectivity index is 1.73. The van der Waals surface area contributed by atoms with Crippen LogP contribution in [0.2, 0.25) is 0 Å². The van der Waals surface area contributed by atoms with Crippen LogP contribution < -0.4 is 10.6 Å². The third-order valence-corrected chi connectivity index (χ3v) is 4.79. The van der Waals surface area contributed by atoms with Gasteiger partial charge in [-0.1, -0.05) is 12.8 Å². The number of likely N-dealkylation sites (tertiary alicyclic amines) is 1. The molecule has 1 heterocycles. The van der Waals surface area contributed by atoms with Gasteiger partial charge in [-0.2, -0.15) is 0 Å². The van der Waals surface area contributed by atoms with Crippen LogP contribution in [0, 0.1) is 0 Å². The maximum Gasteiger partial charge on any atom is 0.237 e. The van der Waals surface area contributed by atoms with Gasteiger partial charge in [0.2, 0.25) is 5.91 Å². The minimum Gasteiger partial charge on any atom is -0.352 e. The number of nitrogens with one attached hydrogen (secondary N) is 2. The van der Waals surface area contributed by atoms with Gasteiger partial charge in [0.15, 0.2) is 0 Å². The third-order valence-electron chi connectivity index (χ3n) is 4.79. The Kier molecular flexibility index (Phi) is 5.22. The monoisotopic (exact) mass is 267 g/mol. The van der Waals surface area contributed by atoms with E-state index in [1.165, 1.54) is 12.8 Å². The molecular formula is C15H29N3O. The van der Waals surface area contributed by atoms with E-state index in [1.54, 1.807) is 0 Å². The van der Waals surface area contributed by atoms with Gasteiger partial charge in [-0.3, -0.25) is 4.79 Å². The molecule has 19 heavy (non-hydrogen) atoms. The first kappa shape index (κ1) is 14.8. The highest BCUT2D eigenvalue weighted by molar-refractivity contribution is 5.81. The molecule has 110 valence electrons. The molecule has 0 aromatic heterocycles. The number of amides is 1. The molecule has 2 fully saturated rings. The molecular weight excluding hydrogens is 238 g/mol. The first-order valence-electron chi connectivity index (χ1n) is 7.83. The fraction of sp³-hybridized carbons (Fsp3) is 0.933. The quantitative estimate of drug-likeness (QED) is 0.811. The summed E-state index contributed by atoms with van der Waals surface area (Å²) in [7, 11) is 2.18. The Morgan fingerprint density at radius 1 is 1.21 bits per heavy atom. The lowest BCUT2D eigenvalue weighted by Gasteiger charge is -2.36. The zero-order valence-corrected chi connectivity index (χ0v) is 12.6. The minimum atomic E-state index is -0.0683. The van der Waals surface area contributed by atoms with Gasteiger partial charge in [0.05, 0.1) is 6.04 Å². The lowest BCUT2D eigenvalue weighted by Crippen LogP contribution is -2.52. The van der Waals surface area contributed by atoms with E-state index in [-0.39, 0.29) is 11.9 Å². The molecule has 0 aromatic rings. The van der Waals surface area contributed by atoms with Crippen molar-refractivity contribution in [1.82, 2.24) is 15.5 Å². The topological polar surface area (TPSA) is 44.4 Å². The van der Waals surface area contributed by atoms with E-state index in [2.05, 4.69) is 29.5 Å². The first-order valence-corrected chi connectivity index (χ1v) is 7.83. The highest BCUT2D eigenvalue weighted by Crippen LogP contribution is 2.18. The van der Waals surface area contributed by atoms with Gasteiger partial charge in [0.25, 0.3) is 0 Å². The second-order valence-electron chi connectivity index (χ2n) is 6.43. The van der Waals surface area contributed by atoms with Gasteiger partial charge in [0, 0.05) is 18.1 Å². The fourth-order valence-corrected chi connectivity index (χ4v) is 3.27. The second kappa shape index (κ2) is 6.71. The van der Waals surface area contributed by atoms with Crippen LogP contribution in [0.5, 0.6) is 0 Å². The molecule has 2 N–H and O–H groups in total. The lowest BCUT2D eigenvalue weighted by atomic mass is 9.98. The van der Waals surface area contributed by atoms with Crippen LogP contribution in [0.4, 0.5) is 0 Å². The maximum atomic E-state index is 12.1. The van der Waals surface area contributed by atoms with E-state index in [1.807, 2.05) is 6.92 Å². The molecule has 3 atom stereocenters. The minimum absolute atomic E-state index is 0.0683. The molecule has 1 amide bonds. The third kappa shape index (κ3) is 4.18. The normalized spacial score (nSPS) is 31.3. The van der Waals surface area contributed by atoms with Crippen LogP contribution in [-0.2, 0) is 4.79 Å². The molecule has 2 rings (SSSR count). The second-order valence-corrected chi connectivity index (χ2v) is 6.43. The number of hydrogen-bond donors (Lipinski definition) is 2. The molecule has 0 aromatic carbocycles. The highest BCUT2D eigenvalue weighted by atomic mass is 16.2. The van der Waals surface area contributed by atoms with Gasteiger partial charge in [0.1, 0.15) is 0 Å². The molecule has 1 saturated carbocycles. The Labute approximate surface area is 117 Å². The average Bonchev–Trinajstić information content (AvgIpc) is 2.86. The zero-order chi connectivity index (χ0) is 13.8. The number of rotatable bonds is 4. The largest absolute Gasteiger partial charge is 0.352 e. The molecule has 1 aliphatic carbocycles. The summed E-state index contributed by atoms with van der Waals surface area (Å²) >= 11 is 0. The number of carbonyl (C=O) groups is 1. The van der Waals surface area contributed by atoms with Crippen molar-refractivity contribution in [1.29, 1.82) is 0 Å². The summed E-state index contributed by atoms with van der Waals surface area (Å²) in [6.45, 7) is 5.38. The number of hydrogen-bond acceptors (Lipinski definition) is 3. The summed E-state index contributed by atoms with van der Waals surface area (Å²) < 4.78 is 0. The van der Waals surface area contributed by atoms with E-state index in [0.29, 0.717) is 18.1 Å². The Hall–Kier alpha value is -0.610. The van der Waals surface area contributed by atoms with Crippen LogP contribution in [0.15, 0.2) is 0 Å². The van der Waals surface area contributed by atoms with Gasteiger partial charge in [-0.25, -0.2) is 0 Å². The van der Waals surface area contributed by atoms with Crippen molar-refractivity contribution >= 4 is 5.91 Å². The van der Waals surface area contributed by atoms with Gasteiger partial charge < -0.3 is 15.5 Å². The van der Waals surface area contributed by atoms with E-state index < -0.39 is 0 Å². The number of carbonyl (C=O) groups excluding carboxylic acids is 1. The van der Waals surface area contributed by atoms with Gasteiger partial charge in [-0.05, 0) is 53.1 Å². The number of nitrogens with zero attached hydrogens (tertiary/aromatic N) is 1. The summed E-state index contributed by atoms with van der Waals surface area (Å²) in [6, 6.07) is 1.45. The maximum absolute atomic E-state index is 12.1. The van der Waals surface area contributed by atoms with Crippen LogP contribution >= 0.6 is 0 Å². The molecule has 1 aliphatic heterocycles. The average molecular weight is 267 g/mol. The summed E-state index contributed by atoms with van der Waals surface area (Å²) in [5.74, 6) is 0.179. The summed E-state index contributed by atoms with van der Waals surface area (Å²) in [5, 5.41) is 6.68. The van der Waals surface area contributed by atoms with E-state index in [9.17, 15) is 4.79 Å². The smallest absolute Gasteiger partial charge is 0.237 e. The molecule has 4 nitrogen and oxygen atoms in total. The van der Waals surface area contributed by atoms with Gasteiger partial charge in [-0.15, -0.1) is 0 Å². The van der Waals surface area contributed by atoms with Crippen LogP contribution in [0.1, 0.15) is 52.4 Å². The van der Waals surface area contributed by atoms with E-state index in [4.69, 9.17) is 0 Å². The fourth-order valence-electron chi connectivity index (χ4n) is 3.27. The predicted octanol–water partition coefficient (Wildman–Crippen LogP) is 1.51.